The van der Waals surface area contributed by atoms with E-state index in [1.54, 1.807) is 5.57 Å². The van der Waals surface area contributed by atoms with Crippen molar-refractivity contribution in [2.45, 2.75) is 65.2 Å². The smallest absolute Gasteiger partial charge is 0.220 e. The van der Waals surface area contributed by atoms with Gasteiger partial charge in [0.25, 0.3) is 0 Å². The van der Waals surface area contributed by atoms with Crippen LogP contribution in [0.2, 0.25) is 0 Å². The van der Waals surface area contributed by atoms with Gasteiger partial charge in [-0.25, -0.2) is 0 Å². The summed E-state index contributed by atoms with van der Waals surface area (Å²) >= 11 is 0. The van der Waals surface area contributed by atoms with Gasteiger partial charge in [-0.1, -0.05) is 26.0 Å². The molecule has 3 nitrogen and oxygen atoms in total. The molecular weight excluding hydrogens is 344 g/mol. The number of carbonyl (C=O) groups excluding carboxylic acids is 1. The standard InChI is InChI=1S/C25H34N2O/c1-24-13-10-23(28)27-15-11-18(24)5-6-19-21-8-7-20(17-4-3-14-26-16-17)25(21,2)12-9-22(19)24/h3-4,7,14,16,18-19,21-22H,5-6,8-13,15H2,1-2H3,(H,27,28)/t18-,19-,21-,22-,24-,25+/m0/s1. The van der Waals surface area contributed by atoms with Crippen molar-refractivity contribution in [2.24, 2.45) is 34.5 Å². The van der Waals surface area contributed by atoms with Gasteiger partial charge < -0.3 is 5.32 Å². The third-order valence-corrected chi connectivity index (χ3v) is 9.32. The van der Waals surface area contributed by atoms with Crippen LogP contribution >= 0.6 is 0 Å². The first-order valence-electron chi connectivity index (χ1n) is 11.4. The molecule has 6 atom stereocenters. The van der Waals surface area contributed by atoms with E-state index in [0.717, 1.165) is 43.1 Å². The van der Waals surface area contributed by atoms with E-state index in [0.29, 0.717) is 10.8 Å². The molecular formula is C25H34N2O. The Balaban J connectivity index is 1.44. The molecule has 0 unspecified atom stereocenters. The van der Waals surface area contributed by atoms with E-state index in [-0.39, 0.29) is 5.91 Å². The Morgan fingerprint density at radius 3 is 2.82 bits per heavy atom. The van der Waals surface area contributed by atoms with Crippen molar-refractivity contribution in [2.75, 3.05) is 6.54 Å². The number of pyridine rings is 1. The number of hydrogen-bond donors (Lipinski definition) is 1. The Bertz CT molecular complexity index is 787. The van der Waals surface area contributed by atoms with Gasteiger partial charge >= 0.3 is 0 Å². The second kappa shape index (κ2) is 6.71. The molecule has 0 bridgehead atoms. The van der Waals surface area contributed by atoms with Gasteiger partial charge in [0.05, 0.1) is 0 Å². The number of allylic oxidation sites excluding steroid dienone is 2. The van der Waals surface area contributed by atoms with Gasteiger partial charge in [0.15, 0.2) is 0 Å². The van der Waals surface area contributed by atoms with Crippen LogP contribution in [0.15, 0.2) is 30.6 Å². The fourth-order valence-corrected chi connectivity index (χ4v) is 7.79. The zero-order valence-corrected chi connectivity index (χ0v) is 17.4. The molecule has 2 saturated carbocycles. The predicted molar refractivity (Wildman–Crippen MR) is 112 cm³/mol. The van der Waals surface area contributed by atoms with Crippen LogP contribution in [0.5, 0.6) is 0 Å². The van der Waals surface area contributed by atoms with Crippen LogP contribution in [0.25, 0.3) is 5.57 Å². The van der Waals surface area contributed by atoms with Gasteiger partial charge in [-0.05, 0) is 96.7 Å². The summed E-state index contributed by atoms with van der Waals surface area (Å²) in [5.74, 6) is 3.41. The minimum atomic E-state index is 0.267. The first-order chi connectivity index (χ1) is 13.5. The molecule has 3 fully saturated rings. The molecule has 0 radical (unpaired) electrons. The predicted octanol–water partition coefficient (Wildman–Crippen LogP) is 5.23. The molecule has 1 aliphatic heterocycles. The number of aromatic nitrogens is 1. The van der Waals surface area contributed by atoms with Gasteiger partial charge in [0, 0.05) is 25.4 Å². The fraction of sp³-hybridized carbons (Fsp3) is 0.680. The minimum absolute atomic E-state index is 0.267. The van der Waals surface area contributed by atoms with Crippen LogP contribution in [0.3, 0.4) is 0 Å². The Hall–Kier alpha value is -1.64. The summed E-state index contributed by atoms with van der Waals surface area (Å²) in [5.41, 5.74) is 3.52. The average Bonchev–Trinajstić information content (AvgIpc) is 3.05. The largest absolute Gasteiger partial charge is 0.356 e. The van der Waals surface area contributed by atoms with Crippen molar-refractivity contribution in [3.8, 4) is 0 Å². The van der Waals surface area contributed by atoms with Gasteiger partial charge in [-0.2, -0.15) is 0 Å². The van der Waals surface area contributed by atoms with E-state index in [4.69, 9.17) is 0 Å². The van der Waals surface area contributed by atoms with Crippen LogP contribution in [0.1, 0.15) is 70.8 Å². The van der Waals surface area contributed by atoms with E-state index in [9.17, 15) is 4.79 Å². The molecule has 0 spiro atoms. The van der Waals surface area contributed by atoms with E-state index in [1.165, 1.54) is 44.1 Å². The third kappa shape index (κ3) is 2.69. The van der Waals surface area contributed by atoms with Crippen LogP contribution in [0.4, 0.5) is 0 Å². The summed E-state index contributed by atoms with van der Waals surface area (Å²) in [7, 11) is 0. The second-order valence-corrected chi connectivity index (χ2v) is 10.3. The van der Waals surface area contributed by atoms with Crippen molar-refractivity contribution < 1.29 is 4.79 Å². The Labute approximate surface area is 169 Å². The molecule has 150 valence electrons. The van der Waals surface area contributed by atoms with Crippen molar-refractivity contribution >= 4 is 11.5 Å². The minimum Gasteiger partial charge on any atom is -0.356 e. The number of carbonyl (C=O) groups is 1. The highest BCUT2D eigenvalue weighted by Crippen LogP contribution is 2.66. The number of nitrogens with zero attached hydrogens (tertiary/aromatic N) is 1. The molecule has 28 heavy (non-hydrogen) atoms. The van der Waals surface area contributed by atoms with Crippen LogP contribution in [-0.4, -0.2) is 17.4 Å². The highest BCUT2D eigenvalue weighted by atomic mass is 16.1. The monoisotopic (exact) mass is 378 g/mol. The molecule has 0 aromatic carbocycles. The highest BCUT2D eigenvalue weighted by molar-refractivity contribution is 5.76. The number of rotatable bonds is 1. The van der Waals surface area contributed by atoms with Gasteiger partial charge in [0.2, 0.25) is 5.91 Å². The Morgan fingerprint density at radius 1 is 1.11 bits per heavy atom. The second-order valence-electron chi connectivity index (χ2n) is 10.3. The molecule has 1 aromatic rings. The quantitative estimate of drug-likeness (QED) is 0.727. The zero-order chi connectivity index (χ0) is 19.4. The molecule has 4 aliphatic rings. The molecule has 1 saturated heterocycles. The normalized spacial score (nSPS) is 42.9. The van der Waals surface area contributed by atoms with E-state index < -0.39 is 0 Å². The summed E-state index contributed by atoms with van der Waals surface area (Å²) in [6, 6.07) is 4.31. The number of nitrogens with one attached hydrogen (secondary N) is 1. The SMILES string of the molecule is C[C@]12CCC(=O)NCC[C@@H]1CC[C@@H]1[C@@H]2CC[C@]2(C)C(c3cccnc3)=CC[C@@H]12. The van der Waals surface area contributed by atoms with Crippen molar-refractivity contribution in [3.63, 3.8) is 0 Å². The van der Waals surface area contributed by atoms with Crippen LogP contribution < -0.4 is 5.32 Å². The summed E-state index contributed by atoms with van der Waals surface area (Å²) in [6.07, 6.45) is 16.0. The molecule has 1 aromatic heterocycles. The average molecular weight is 379 g/mol. The number of hydrogen-bond acceptors (Lipinski definition) is 2. The highest BCUT2D eigenvalue weighted by Gasteiger charge is 2.57. The fourth-order valence-electron chi connectivity index (χ4n) is 7.79. The summed E-state index contributed by atoms with van der Waals surface area (Å²) in [5, 5.41) is 3.12. The van der Waals surface area contributed by atoms with Gasteiger partial charge in [0.1, 0.15) is 0 Å². The maximum absolute atomic E-state index is 12.1. The zero-order valence-electron chi connectivity index (χ0n) is 17.4. The molecule has 1 amide bonds. The van der Waals surface area contributed by atoms with E-state index in [2.05, 4.69) is 48.6 Å². The lowest BCUT2D eigenvalue weighted by atomic mass is 9.45. The lowest BCUT2D eigenvalue weighted by Crippen LogP contribution is -2.52. The Kier molecular flexibility index (Phi) is 4.41. The van der Waals surface area contributed by atoms with Crippen LogP contribution in [-0.2, 0) is 4.79 Å². The first-order valence-corrected chi connectivity index (χ1v) is 11.4. The van der Waals surface area contributed by atoms with Crippen molar-refractivity contribution in [3.05, 3.63) is 36.2 Å². The lowest BCUT2D eigenvalue weighted by molar-refractivity contribution is -0.127. The lowest BCUT2D eigenvalue weighted by Gasteiger charge is -2.59. The van der Waals surface area contributed by atoms with Gasteiger partial charge in [-0.15, -0.1) is 0 Å². The van der Waals surface area contributed by atoms with Crippen LogP contribution in [0, 0.1) is 34.5 Å². The molecule has 2 heterocycles. The van der Waals surface area contributed by atoms with Crippen molar-refractivity contribution in [1.82, 2.24) is 10.3 Å². The summed E-state index contributed by atoms with van der Waals surface area (Å²) < 4.78 is 0. The topological polar surface area (TPSA) is 42.0 Å². The molecule has 1 N–H and O–H groups in total. The number of amides is 1. The summed E-state index contributed by atoms with van der Waals surface area (Å²) in [6.45, 7) is 5.95. The molecule has 3 heteroatoms. The van der Waals surface area contributed by atoms with Crippen molar-refractivity contribution in [1.29, 1.82) is 0 Å². The maximum atomic E-state index is 12.1. The maximum Gasteiger partial charge on any atom is 0.220 e. The molecule has 3 aliphatic carbocycles. The Morgan fingerprint density at radius 2 is 2.00 bits per heavy atom. The van der Waals surface area contributed by atoms with E-state index in [1.807, 2.05) is 6.20 Å². The third-order valence-electron chi connectivity index (χ3n) is 9.32. The first kappa shape index (κ1) is 18.4. The summed E-state index contributed by atoms with van der Waals surface area (Å²) in [4.78, 5) is 16.5. The van der Waals surface area contributed by atoms with E-state index >= 15 is 0 Å². The number of fused-ring (bicyclic) bond motifs is 5. The molecule has 5 rings (SSSR count). The van der Waals surface area contributed by atoms with Gasteiger partial charge in [-0.3, -0.25) is 9.78 Å².